The third-order valence-electron chi connectivity index (χ3n) is 1.67. The van der Waals surface area contributed by atoms with Crippen LogP contribution in [0, 0.1) is 0 Å². The molecule has 0 radical (unpaired) electrons. The molecule has 6 nitrogen and oxygen atoms in total. The molecule has 92 valence electrons. The van der Waals surface area contributed by atoms with Gasteiger partial charge in [0.1, 0.15) is 5.25 Å². The van der Waals surface area contributed by atoms with Crippen LogP contribution in [0.1, 0.15) is 6.42 Å². The van der Waals surface area contributed by atoms with Gasteiger partial charge in [-0.2, -0.15) is 0 Å². The van der Waals surface area contributed by atoms with Crippen LogP contribution in [0.5, 0.6) is 0 Å². The average molecular weight is 250 g/mol. The second kappa shape index (κ2) is 7.98. The topological polar surface area (TPSA) is 78.9 Å². The van der Waals surface area contributed by atoms with Crippen molar-refractivity contribution in [2.45, 2.75) is 11.7 Å². The van der Waals surface area contributed by atoms with Crippen molar-refractivity contribution in [3.63, 3.8) is 0 Å². The van der Waals surface area contributed by atoms with E-state index in [9.17, 15) is 14.4 Å². The number of carbonyl (C=O) groups is 3. The highest BCUT2D eigenvalue weighted by Crippen LogP contribution is 2.17. The van der Waals surface area contributed by atoms with Crippen LogP contribution in [0.2, 0.25) is 0 Å². The maximum absolute atomic E-state index is 11.3. The van der Waals surface area contributed by atoms with E-state index in [0.29, 0.717) is 0 Å². The van der Waals surface area contributed by atoms with E-state index < -0.39 is 23.2 Å². The standard InChI is InChI=1S/C9H14O6S/c1-13-7(10)4-6(9(12)15-3)16-5-8(11)14-2/h6H,4-5H2,1-3H3. The normalized spacial score (nSPS) is 11.4. The van der Waals surface area contributed by atoms with E-state index in [1.54, 1.807) is 0 Å². The third kappa shape index (κ3) is 5.59. The molecular formula is C9H14O6S. The number of hydrogen-bond donors (Lipinski definition) is 0. The zero-order valence-corrected chi connectivity index (χ0v) is 10.2. The molecule has 0 saturated heterocycles. The lowest BCUT2D eigenvalue weighted by Crippen LogP contribution is -2.24. The Morgan fingerprint density at radius 1 is 1.00 bits per heavy atom. The fourth-order valence-electron chi connectivity index (χ4n) is 0.804. The quantitative estimate of drug-likeness (QED) is 0.485. The first-order chi connectivity index (χ1) is 7.54. The van der Waals surface area contributed by atoms with Gasteiger partial charge in [0.2, 0.25) is 0 Å². The molecule has 16 heavy (non-hydrogen) atoms. The lowest BCUT2D eigenvalue weighted by atomic mass is 10.3. The first-order valence-electron chi connectivity index (χ1n) is 4.38. The van der Waals surface area contributed by atoms with E-state index in [1.165, 1.54) is 21.3 Å². The SMILES string of the molecule is COC(=O)CSC(CC(=O)OC)C(=O)OC. The predicted octanol–water partition coefficient (Wildman–Crippen LogP) is -0.00270. The van der Waals surface area contributed by atoms with Gasteiger partial charge in [-0.3, -0.25) is 14.4 Å². The van der Waals surface area contributed by atoms with Crippen molar-refractivity contribution in [2.75, 3.05) is 27.1 Å². The van der Waals surface area contributed by atoms with Gasteiger partial charge in [0.25, 0.3) is 0 Å². The van der Waals surface area contributed by atoms with Crippen LogP contribution < -0.4 is 0 Å². The summed E-state index contributed by atoms with van der Waals surface area (Å²) in [5, 5.41) is -0.753. The monoisotopic (exact) mass is 250 g/mol. The predicted molar refractivity (Wildman–Crippen MR) is 56.9 cm³/mol. The van der Waals surface area contributed by atoms with E-state index in [4.69, 9.17) is 0 Å². The van der Waals surface area contributed by atoms with E-state index in [2.05, 4.69) is 14.2 Å². The van der Waals surface area contributed by atoms with Gasteiger partial charge < -0.3 is 14.2 Å². The maximum Gasteiger partial charge on any atom is 0.319 e. The zero-order chi connectivity index (χ0) is 12.6. The van der Waals surface area contributed by atoms with Crippen molar-refractivity contribution >= 4 is 29.7 Å². The first kappa shape index (κ1) is 14.8. The van der Waals surface area contributed by atoms with Gasteiger partial charge in [0.05, 0.1) is 33.5 Å². The summed E-state index contributed by atoms with van der Waals surface area (Å²) < 4.78 is 13.4. The molecule has 0 aromatic heterocycles. The number of thioether (sulfide) groups is 1. The van der Waals surface area contributed by atoms with Crippen LogP contribution in [0.3, 0.4) is 0 Å². The van der Waals surface area contributed by atoms with Crippen LogP contribution in [0.4, 0.5) is 0 Å². The molecule has 1 unspecified atom stereocenters. The molecule has 0 heterocycles. The fourth-order valence-corrected chi connectivity index (χ4v) is 1.75. The molecule has 0 aromatic carbocycles. The molecule has 7 heteroatoms. The molecule has 0 rings (SSSR count). The Labute approximate surface area is 97.6 Å². The largest absolute Gasteiger partial charge is 0.469 e. The number of esters is 3. The molecule has 0 amide bonds. The van der Waals surface area contributed by atoms with Crippen LogP contribution in [-0.2, 0) is 28.6 Å². The Morgan fingerprint density at radius 3 is 2.00 bits per heavy atom. The van der Waals surface area contributed by atoms with Gasteiger partial charge in [-0.1, -0.05) is 0 Å². The summed E-state index contributed by atoms with van der Waals surface area (Å²) in [6.45, 7) is 0. The summed E-state index contributed by atoms with van der Waals surface area (Å²) in [5.74, 6) is -1.59. The smallest absolute Gasteiger partial charge is 0.319 e. The van der Waals surface area contributed by atoms with E-state index in [0.717, 1.165) is 11.8 Å². The van der Waals surface area contributed by atoms with Crippen molar-refractivity contribution < 1.29 is 28.6 Å². The van der Waals surface area contributed by atoms with E-state index in [1.807, 2.05) is 0 Å². The van der Waals surface area contributed by atoms with Crippen LogP contribution in [0.15, 0.2) is 0 Å². The van der Waals surface area contributed by atoms with E-state index >= 15 is 0 Å². The molecule has 1 atom stereocenters. The average Bonchev–Trinajstić information content (AvgIpc) is 2.32. The third-order valence-corrected chi connectivity index (χ3v) is 2.84. The summed E-state index contributed by atoms with van der Waals surface area (Å²) >= 11 is 0.981. The van der Waals surface area contributed by atoms with Crippen LogP contribution in [-0.4, -0.2) is 50.2 Å². The lowest BCUT2D eigenvalue weighted by molar-refractivity contribution is -0.146. The Bertz CT molecular complexity index is 265. The Morgan fingerprint density at radius 2 is 1.56 bits per heavy atom. The summed E-state index contributed by atoms with van der Waals surface area (Å²) in [6.07, 6.45) is -0.134. The molecule has 0 spiro atoms. The van der Waals surface area contributed by atoms with Gasteiger partial charge in [-0.15, -0.1) is 11.8 Å². The van der Waals surface area contributed by atoms with Gasteiger partial charge >= 0.3 is 17.9 Å². The molecule has 0 fully saturated rings. The minimum Gasteiger partial charge on any atom is -0.469 e. The molecule has 0 aliphatic heterocycles. The van der Waals surface area contributed by atoms with Crippen LogP contribution >= 0.6 is 11.8 Å². The Kier molecular flexibility index (Phi) is 7.36. The molecule has 0 aromatic rings. The summed E-state index contributed by atoms with van der Waals surface area (Å²) in [7, 11) is 3.68. The molecular weight excluding hydrogens is 236 g/mol. The molecule has 0 N–H and O–H groups in total. The van der Waals surface area contributed by atoms with E-state index in [-0.39, 0.29) is 12.2 Å². The number of carbonyl (C=O) groups excluding carboxylic acids is 3. The van der Waals surface area contributed by atoms with Crippen molar-refractivity contribution in [1.29, 1.82) is 0 Å². The first-order valence-corrected chi connectivity index (χ1v) is 5.43. The minimum absolute atomic E-state index is 0.0206. The summed E-state index contributed by atoms with van der Waals surface area (Å²) in [6, 6.07) is 0. The number of hydrogen-bond acceptors (Lipinski definition) is 7. The lowest BCUT2D eigenvalue weighted by Gasteiger charge is -2.11. The minimum atomic E-state index is -0.753. The summed E-state index contributed by atoms with van der Waals surface area (Å²) in [5.41, 5.74) is 0. The highest BCUT2D eigenvalue weighted by Gasteiger charge is 2.24. The molecule has 0 bridgehead atoms. The molecule has 0 aliphatic carbocycles. The second-order valence-corrected chi connectivity index (χ2v) is 3.87. The zero-order valence-electron chi connectivity index (χ0n) is 9.35. The van der Waals surface area contributed by atoms with Gasteiger partial charge in [-0.05, 0) is 0 Å². The van der Waals surface area contributed by atoms with Crippen molar-refractivity contribution in [3.8, 4) is 0 Å². The van der Waals surface area contributed by atoms with Crippen LogP contribution in [0.25, 0.3) is 0 Å². The number of ether oxygens (including phenoxy) is 3. The maximum atomic E-state index is 11.3. The van der Waals surface area contributed by atoms with Crippen molar-refractivity contribution in [3.05, 3.63) is 0 Å². The highest BCUT2D eigenvalue weighted by molar-refractivity contribution is 8.01. The molecule has 0 aliphatic rings. The van der Waals surface area contributed by atoms with Crippen molar-refractivity contribution in [1.82, 2.24) is 0 Å². The van der Waals surface area contributed by atoms with Crippen molar-refractivity contribution in [2.24, 2.45) is 0 Å². The number of rotatable bonds is 6. The Balaban J connectivity index is 4.26. The highest BCUT2D eigenvalue weighted by atomic mass is 32.2. The number of methoxy groups -OCH3 is 3. The Hall–Kier alpha value is -1.24. The molecule has 0 saturated carbocycles. The summed E-state index contributed by atoms with van der Waals surface area (Å²) in [4.78, 5) is 33.1. The van der Waals surface area contributed by atoms with Gasteiger partial charge in [0.15, 0.2) is 0 Å². The fraction of sp³-hybridized carbons (Fsp3) is 0.667. The second-order valence-electron chi connectivity index (χ2n) is 2.68. The van der Waals surface area contributed by atoms with Gasteiger partial charge in [0, 0.05) is 0 Å². The van der Waals surface area contributed by atoms with Gasteiger partial charge in [-0.25, -0.2) is 0 Å².